The summed E-state index contributed by atoms with van der Waals surface area (Å²) in [7, 11) is 0. The predicted molar refractivity (Wildman–Crippen MR) is 98.5 cm³/mol. The standard InChI is InChI=1S/C20H17F3N2O3/c1-11-7-8-13(18(26)24-10-20(21,22)23)9-15(11)25-19(27)17-12(2)14-5-3-4-6-16(14)28-17/h3-9H,10H2,1-2H3,(H,24,26)(H,25,27). The van der Waals surface area contributed by atoms with Crippen molar-refractivity contribution < 1.29 is 27.2 Å². The van der Waals surface area contributed by atoms with Gasteiger partial charge in [-0.2, -0.15) is 13.2 Å². The molecule has 0 aliphatic heterocycles. The van der Waals surface area contributed by atoms with Gasteiger partial charge in [0, 0.05) is 22.2 Å². The van der Waals surface area contributed by atoms with E-state index < -0.39 is 24.5 Å². The number of para-hydroxylation sites is 1. The van der Waals surface area contributed by atoms with Gasteiger partial charge in [-0.3, -0.25) is 9.59 Å². The topological polar surface area (TPSA) is 71.3 Å². The number of amides is 2. The van der Waals surface area contributed by atoms with E-state index in [1.807, 2.05) is 12.1 Å². The lowest BCUT2D eigenvalue weighted by Gasteiger charge is -2.11. The molecule has 0 saturated heterocycles. The number of fused-ring (bicyclic) bond motifs is 1. The highest BCUT2D eigenvalue weighted by atomic mass is 19.4. The van der Waals surface area contributed by atoms with Crippen LogP contribution in [0.1, 0.15) is 32.0 Å². The summed E-state index contributed by atoms with van der Waals surface area (Å²) >= 11 is 0. The largest absolute Gasteiger partial charge is 0.451 e. The Morgan fingerprint density at radius 2 is 1.75 bits per heavy atom. The maximum absolute atomic E-state index is 12.6. The van der Waals surface area contributed by atoms with E-state index in [4.69, 9.17) is 4.42 Å². The molecule has 2 amide bonds. The Hall–Kier alpha value is -3.29. The molecule has 3 rings (SSSR count). The second-order valence-corrected chi connectivity index (χ2v) is 6.33. The van der Waals surface area contributed by atoms with E-state index in [0.29, 0.717) is 22.4 Å². The number of benzene rings is 2. The number of aryl methyl sites for hydroxylation is 2. The number of halogens is 3. The van der Waals surface area contributed by atoms with Gasteiger partial charge in [0.05, 0.1) is 0 Å². The van der Waals surface area contributed by atoms with Gasteiger partial charge in [0.2, 0.25) is 0 Å². The molecule has 0 aliphatic rings. The Morgan fingerprint density at radius 3 is 2.43 bits per heavy atom. The van der Waals surface area contributed by atoms with Crippen LogP contribution in [0.25, 0.3) is 11.0 Å². The van der Waals surface area contributed by atoms with Crippen molar-refractivity contribution in [3.63, 3.8) is 0 Å². The second-order valence-electron chi connectivity index (χ2n) is 6.33. The summed E-state index contributed by atoms with van der Waals surface area (Å²) < 4.78 is 42.4. The minimum atomic E-state index is -4.50. The number of carbonyl (C=O) groups is 2. The first kappa shape index (κ1) is 19.5. The number of nitrogens with one attached hydrogen (secondary N) is 2. The van der Waals surface area contributed by atoms with Crippen molar-refractivity contribution >= 4 is 28.5 Å². The molecule has 0 radical (unpaired) electrons. The Morgan fingerprint density at radius 1 is 1.04 bits per heavy atom. The van der Waals surface area contributed by atoms with Gasteiger partial charge < -0.3 is 15.1 Å². The predicted octanol–water partition coefficient (Wildman–Crippen LogP) is 4.59. The third-order valence-corrected chi connectivity index (χ3v) is 4.25. The smallest absolute Gasteiger partial charge is 0.405 e. The van der Waals surface area contributed by atoms with E-state index in [1.165, 1.54) is 12.1 Å². The molecule has 0 bridgehead atoms. The molecule has 1 heterocycles. The molecular weight excluding hydrogens is 373 g/mol. The lowest BCUT2D eigenvalue weighted by molar-refractivity contribution is -0.123. The minimum absolute atomic E-state index is 0.00600. The van der Waals surface area contributed by atoms with E-state index >= 15 is 0 Å². The van der Waals surface area contributed by atoms with Crippen LogP contribution < -0.4 is 10.6 Å². The van der Waals surface area contributed by atoms with Crippen molar-refractivity contribution in [3.8, 4) is 0 Å². The zero-order chi connectivity index (χ0) is 20.5. The van der Waals surface area contributed by atoms with Crippen LogP contribution in [0.3, 0.4) is 0 Å². The van der Waals surface area contributed by atoms with Crippen LogP contribution in [0.15, 0.2) is 46.9 Å². The molecule has 0 spiro atoms. The zero-order valence-electron chi connectivity index (χ0n) is 15.1. The molecule has 3 aromatic rings. The van der Waals surface area contributed by atoms with Crippen LogP contribution in [-0.2, 0) is 0 Å². The van der Waals surface area contributed by atoms with Gasteiger partial charge in [-0.25, -0.2) is 0 Å². The average molecular weight is 390 g/mol. The van der Waals surface area contributed by atoms with Crippen molar-refractivity contribution in [2.24, 2.45) is 0 Å². The van der Waals surface area contributed by atoms with Crippen LogP contribution >= 0.6 is 0 Å². The quantitative estimate of drug-likeness (QED) is 0.684. The van der Waals surface area contributed by atoms with Gasteiger partial charge in [-0.1, -0.05) is 24.3 Å². The first-order chi connectivity index (χ1) is 13.2. The van der Waals surface area contributed by atoms with Gasteiger partial charge in [-0.15, -0.1) is 0 Å². The molecule has 5 nitrogen and oxygen atoms in total. The van der Waals surface area contributed by atoms with Gasteiger partial charge in [0.1, 0.15) is 12.1 Å². The number of furan rings is 1. The third kappa shape index (κ3) is 4.16. The number of anilines is 1. The first-order valence-corrected chi connectivity index (χ1v) is 8.41. The van der Waals surface area contributed by atoms with E-state index in [0.717, 1.165) is 5.39 Å². The van der Waals surface area contributed by atoms with E-state index in [1.54, 1.807) is 37.4 Å². The summed E-state index contributed by atoms with van der Waals surface area (Å²) in [5, 5.41) is 5.27. The molecule has 0 aliphatic carbocycles. The molecule has 0 atom stereocenters. The summed E-state index contributed by atoms with van der Waals surface area (Å²) in [4.78, 5) is 24.6. The molecule has 28 heavy (non-hydrogen) atoms. The maximum Gasteiger partial charge on any atom is 0.405 e. The lowest BCUT2D eigenvalue weighted by atomic mass is 10.1. The summed E-state index contributed by atoms with van der Waals surface area (Å²) in [6.45, 7) is 2.03. The van der Waals surface area contributed by atoms with Crippen molar-refractivity contribution in [3.05, 3.63) is 64.9 Å². The molecule has 0 fully saturated rings. The van der Waals surface area contributed by atoms with Crippen molar-refractivity contribution in [2.75, 3.05) is 11.9 Å². The van der Waals surface area contributed by atoms with Crippen LogP contribution in [-0.4, -0.2) is 24.5 Å². The molecule has 1 aromatic heterocycles. The Bertz CT molecular complexity index is 1050. The van der Waals surface area contributed by atoms with Gasteiger partial charge in [-0.05, 0) is 37.6 Å². The fourth-order valence-corrected chi connectivity index (χ4v) is 2.75. The summed E-state index contributed by atoms with van der Waals surface area (Å²) in [5.74, 6) is -1.26. The number of hydrogen-bond acceptors (Lipinski definition) is 3. The molecule has 0 unspecified atom stereocenters. The van der Waals surface area contributed by atoms with Crippen molar-refractivity contribution in [1.29, 1.82) is 0 Å². The highest BCUT2D eigenvalue weighted by Crippen LogP contribution is 2.26. The molecule has 2 aromatic carbocycles. The summed E-state index contributed by atoms with van der Waals surface area (Å²) in [5.41, 5.74) is 2.21. The molecule has 0 saturated carbocycles. The third-order valence-electron chi connectivity index (χ3n) is 4.25. The molecular formula is C20H17F3N2O3. The zero-order valence-corrected chi connectivity index (χ0v) is 15.1. The molecule has 146 valence electrons. The van der Waals surface area contributed by atoms with Crippen LogP contribution in [0.2, 0.25) is 0 Å². The highest BCUT2D eigenvalue weighted by Gasteiger charge is 2.28. The lowest BCUT2D eigenvalue weighted by Crippen LogP contribution is -2.33. The molecule has 2 N–H and O–H groups in total. The average Bonchev–Trinajstić information content (AvgIpc) is 2.98. The maximum atomic E-state index is 12.6. The number of alkyl halides is 3. The van der Waals surface area contributed by atoms with Gasteiger partial charge in [0.15, 0.2) is 5.76 Å². The Kier molecular flexibility index (Phi) is 5.13. The second kappa shape index (κ2) is 7.38. The molecule has 8 heteroatoms. The monoisotopic (exact) mass is 390 g/mol. The normalized spacial score (nSPS) is 11.5. The van der Waals surface area contributed by atoms with E-state index in [2.05, 4.69) is 5.32 Å². The Balaban J connectivity index is 1.82. The SMILES string of the molecule is Cc1ccc(C(=O)NCC(F)(F)F)cc1NC(=O)c1oc2ccccc2c1C. The fourth-order valence-electron chi connectivity index (χ4n) is 2.75. The highest BCUT2D eigenvalue weighted by molar-refractivity contribution is 6.07. The number of hydrogen-bond donors (Lipinski definition) is 2. The first-order valence-electron chi connectivity index (χ1n) is 8.41. The van der Waals surface area contributed by atoms with Crippen LogP contribution in [0, 0.1) is 13.8 Å². The summed E-state index contributed by atoms with van der Waals surface area (Å²) in [6, 6.07) is 11.5. The van der Waals surface area contributed by atoms with Crippen LogP contribution in [0.4, 0.5) is 18.9 Å². The van der Waals surface area contributed by atoms with Crippen molar-refractivity contribution in [2.45, 2.75) is 20.0 Å². The number of rotatable bonds is 4. The van der Waals surface area contributed by atoms with E-state index in [9.17, 15) is 22.8 Å². The van der Waals surface area contributed by atoms with Gasteiger partial charge >= 0.3 is 6.18 Å². The van der Waals surface area contributed by atoms with Crippen LogP contribution in [0.5, 0.6) is 0 Å². The Labute approximate surface area is 158 Å². The fraction of sp³-hybridized carbons (Fsp3) is 0.200. The van der Waals surface area contributed by atoms with E-state index in [-0.39, 0.29) is 11.3 Å². The summed E-state index contributed by atoms with van der Waals surface area (Å²) in [6.07, 6.45) is -4.50. The van der Waals surface area contributed by atoms with Crippen molar-refractivity contribution in [1.82, 2.24) is 5.32 Å². The van der Waals surface area contributed by atoms with Gasteiger partial charge in [0.25, 0.3) is 11.8 Å². The minimum Gasteiger partial charge on any atom is -0.451 e. The number of carbonyl (C=O) groups excluding carboxylic acids is 2.